The van der Waals surface area contributed by atoms with Gasteiger partial charge in [-0.2, -0.15) is 0 Å². The van der Waals surface area contributed by atoms with Crippen molar-refractivity contribution in [1.29, 1.82) is 0 Å². The number of pyridine rings is 2. The summed E-state index contributed by atoms with van der Waals surface area (Å²) < 4.78 is 0. The second kappa shape index (κ2) is 6.12. The summed E-state index contributed by atoms with van der Waals surface area (Å²) in [5.74, 6) is -0.211. The first-order chi connectivity index (χ1) is 8.77. The van der Waals surface area contributed by atoms with E-state index in [9.17, 15) is 4.79 Å². The molecule has 2 aromatic rings. The monoisotopic (exact) mass is 261 g/mol. The number of halogens is 1. The highest BCUT2D eigenvalue weighted by Gasteiger charge is 2.09. The molecule has 2 aromatic heterocycles. The first kappa shape index (κ1) is 12.5. The third kappa shape index (κ3) is 3.28. The van der Waals surface area contributed by atoms with E-state index in [0.717, 1.165) is 12.0 Å². The second-order valence-electron chi connectivity index (χ2n) is 3.71. The highest BCUT2D eigenvalue weighted by Crippen LogP contribution is 2.10. The molecule has 18 heavy (non-hydrogen) atoms. The van der Waals surface area contributed by atoms with E-state index in [4.69, 9.17) is 11.6 Å². The molecule has 0 aliphatic rings. The quantitative estimate of drug-likeness (QED) is 0.858. The molecule has 0 spiro atoms. The van der Waals surface area contributed by atoms with Crippen LogP contribution in [0.2, 0.25) is 5.15 Å². The smallest absolute Gasteiger partial charge is 0.254 e. The molecule has 0 fully saturated rings. The molecular weight excluding hydrogens is 250 g/mol. The van der Waals surface area contributed by atoms with E-state index in [-0.39, 0.29) is 11.1 Å². The van der Waals surface area contributed by atoms with Crippen molar-refractivity contribution in [3.63, 3.8) is 0 Å². The fourth-order valence-corrected chi connectivity index (χ4v) is 1.72. The van der Waals surface area contributed by atoms with Gasteiger partial charge in [0.05, 0.1) is 5.56 Å². The molecule has 0 atom stereocenters. The molecule has 2 heterocycles. The van der Waals surface area contributed by atoms with E-state index in [2.05, 4.69) is 15.3 Å². The maximum Gasteiger partial charge on any atom is 0.254 e. The Hall–Kier alpha value is -1.94. The number of hydrogen-bond donors (Lipinski definition) is 1. The minimum absolute atomic E-state index is 0.211. The minimum atomic E-state index is -0.211. The van der Waals surface area contributed by atoms with Crippen LogP contribution >= 0.6 is 11.6 Å². The third-order valence-electron chi connectivity index (χ3n) is 2.43. The van der Waals surface area contributed by atoms with E-state index in [0.29, 0.717) is 12.1 Å². The summed E-state index contributed by atoms with van der Waals surface area (Å²) in [5, 5.41) is 3.02. The lowest BCUT2D eigenvalue weighted by molar-refractivity contribution is 0.0954. The largest absolute Gasteiger partial charge is 0.352 e. The number of hydrogen-bond acceptors (Lipinski definition) is 3. The summed E-state index contributed by atoms with van der Waals surface area (Å²) in [6.07, 6.45) is 5.78. The standard InChI is InChI=1S/C13H12ClN3O/c14-12-11(4-2-7-16-12)13(18)17-8-5-10-3-1-6-15-9-10/h1-4,6-7,9H,5,8H2,(H,17,18). The fraction of sp³-hybridized carbons (Fsp3) is 0.154. The predicted octanol–water partition coefficient (Wildman–Crippen LogP) is 2.10. The Morgan fingerprint density at radius 3 is 2.83 bits per heavy atom. The van der Waals surface area contributed by atoms with Crippen molar-refractivity contribution in [2.24, 2.45) is 0 Å². The van der Waals surface area contributed by atoms with Gasteiger partial charge in [-0.15, -0.1) is 0 Å². The van der Waals surface area contributed by atoms with Crippen LogP contribution in [-0.4, -0.2) is 22.4 Å². The van der Waals surface area contributed by atoms with Gasteiger partial charge in [0, 0.05) is 25.1 Å². The molecule has 0 aliphatic carbocycles. The van der Waals surface area contributed by atoms with Crippen molar-refractivity contribution in [3.05, 3.63) is 59.1 Å². The maximum atomic E-state index is 11.8. The van der Waals surface area contributed by atoms with Gasteiger partial charge in [0.1, 0.15) is 5.15 Å². The van der Waals surface area contributed by atoms with Gasteiger partial charge in [0.25, 0.3) is 5.91 Å². The summed E-state index contributed by atoms with van der Waals surface area (Å²) >= 11 is 5.83. The summed E-state index contributed by atoms with van der Waals surface area (Å²) in [6, 6.07) is 7.17. The van der Waals surface area contributed by atoms with Crippen molar-refractivity contribution < 1.29 is 4.79 Å². The Kier molecular flexibility index (Phi) is 4.25. The zero-order valence-corrected chi connectivity index (χ0v) is 10.4. The summed E-state index contributed by atoms with van der Waals surface area (Å²) in [4.78, 5) is 19.7. The third-order valence-corrected chi connectivity index (χ3v) is 2.73. The van der Waals surface area contributed by atoms with Gasteiger partial charge >= 0.3 is 0 Å². The van der Waals surface area contributed by atoms with E-state index in [1.165, 1.54) is 0 Å². The molecule has 4 nitrogen and oxygen atoms in total. The Bertz CT molecular complexity index is 531. The lowest BCUT2D eigenvalue weighted by Gasteiger charge is -2.05. The Balaban J connectivity index is 1.88. The SMILES string of the molecule is O=C(NCCc1cccnc1)c1cccnc1Cl. The lowest BCUT2D eigenvalue weighted by Crippen LogP contribution is -2.26. The highest BCUT2D eigenvalue weighted by atomic mass is 35.5. The van der Waals surface area contributed by atoms with Gasteiger partial charge in [-0.3, -0.25) is 9.78 Å². The van der Waals surface area contributed by atoms with Gasteiger partial charge in [-0.25, -0.2) is 4.98 Å². The maximum absolute atomic E-state index is 11.8. The van der Waals surface area contributed by atoms with Crippen LogP contribution in [0, 0.1) is 0 Å². The molecule has 0 bridgehead atoms. The number of carbonyl (C=O) groups excluding carboxylic acids is 1. The van der Waals surface area contributed by atoms with Gasteiger partial charge < -0.3 is 5.32 Å². The molecule has 0 saturated heterocycles. The number of nitrogens with zero attached hydrogens (tertiary/aromatic N) is 2. The topological polar surface area (TPSA) is 54.9 Å². The molecule has 0 aliphatic heterocycles. The molecular formula is C13H12ClN3O. The van der Waals surface area contributed by atoms with Crippen LogP contribution in [0.3, 0.4) is 0 Å². The van der Waals surface area contributed by atoms with Crippen LogP contribution in [0.15, 0.2) is 42.9 Å². The highest BCUT2D eigenvalue weighted by molar-refractivity contribution is 6.32. The number of rotatable bonds is 4. The number of aromatic nitrogens is 2. The molecule has 2 rings (SSSR count). The summed E-state index contributed by atoms with van der Waals surface area (Å²) in [5.41, 5.74) is 1.47. The Morgan fingerprint density at radius 2 is 2.11 bits per heavy atom. The molecule has 0 saturated carbocycles. The number of amides is 1. The van der Waals surface area contributed by atoms with E-state index in [1.807, 2.05) is 12.1 Å². The Labute approximate surface area is 110 Å². The summed E-state index contributed by atoms with van der Waals surface area (Å²) in [7, 11) is 0. The molecule has 0 radical (unpaired) electrons. The zero-order valence-electron chi connectivity index (χ0n) is 9.64. The van der Waals surface area contributed by atoms with Crippen LogP contribution < -0.4 is 5.32 Å². The number of carbonyl (C=O) groups is 1. The average Bonchev–Trinajstić information content (AvgIpc) is 2.40. The zero-order chi connectivity index (χ0) is 12.8. The van der Waals surface area contributed by atoms with Crippen LogP contribution in [0.1, 0.15) is 15.9 Å². The van der Waals surface area contributed by atoms with Gasteiger partial charge in [0.2, 0.25) is 0 Å². The van der Waals surface area contributed by atoms with Crippen molar-refractivity contribution in [3.8, 4) is 0 Å². The van der Waals surface area contributed by atoms with E-state index >= 15 is 0 Å². The van der Waals surface area contributed by atoms with Gasteiger partial charge in [0.15, 0.2) is 0 Å². The van der Waals surface area contributed by atoms with Gasteiger partial charge in [-0.05, 0) is 30.2 Å². The second-order valence-corrected chi connectivity index (χ2v) is 4.07. The average molecular weight is 262 g/mol. The molecule has 1 amide bonds. The molecule has 0 aromatic carbocycles. The van der Waals surface area contributed by atoms with Crippen molar-refractivity contribution in [2.75, 3.05) is 6.54 Å². The van der Waals surface area contributed by atoms with E-state index in [1.54, 1.807) is 30.7 Å². The first-order valence-electron chi connectivity index (χ1n) is 5.55. The first-order valence-corrected chi connectivity index (χ1v) is 5.93. The van der Waals surface area contributed by atoms with Gasteiger partial charge in [-0.1, -0.05) is 17.7 Å². The summed E-state index contributed by atoms with van der Waals surface area (Å²) in [6.45, 7) is 0.537. The van der Waals surface area contributed by atoms with Crippen LogP contribution in [0.25, 0.3) is 0 Å². The van der Waals surface area contributed by atoms with Crippen molar-refractivity contribution in [2.45, 2.75) is 6.42 Å². The van der Waals surface area contributed by atoms with Crippen molar-refractivity contribution in [1.82, 2.24) is 15.3 Å². The van der Waals surface area contributed by atoms with Crippen LogP contribution in [0.4, 0.5) is 0 Å². The molecule has 1 N–H and O–H groups in total. The predicted molar refractivity (Wildman–Crippen MR) is 69.5 cm³/mol. The molecule has 5 heteroatoms. The number of nitrogens with one attached hydrogen (secondary N) is 1. The fourth-order valence-electron chi connectivity index (χ4n) is 1.52. The molecule has 0 unspecified atom stereocenters. The minimum Gasteiger partial charge on any atom is -0.352 e. The van der Waals surface area contributed by atoms with Crippen molar-refractivity contribution >= 4 is 17.5 Å². The normalized spacial score (nSPS) is 10.1. The molecule has 92 valence electrons. The Morgan fingerprint density at radius 1 is 1.28 bits per heavy atom. The van der Waals surface area contributed by atoms with E-state index < -0.39 is 0 Å². The van der Waals surface area contributed by atoms with Crippen LogP contribution in [-0.2, 0) is 6.42 Å². The lowest BCUT2D eigenvalue weighted by atomic mass is 10.2. The van der Waals surface area contributed by atoms with Crippen LogP contribution in [0.5, 0.6) is 0 Å².